The lowest BCUT2D eigenvalue weighted by atomic mass is 10.2. The summed E-state index contributed by atoms with van der Waals surface area (Å²) in [6, 6.07) is 0. The zero-order chi connectivity index (χ0) is 8.48. The van der Waals surface area contributed by atoms with Gasteiger partial charge in [-0.3, -0.25) is 9.59 Å². The zero-order valence-corrected chi connectivity index (χ0v) is 6.55. The summed E-state index contributed by atoms with van der Waals surface area (Å²) in [4.78, 5) is 21.1. The van der Waals surface area contributed by atoms with Crippen molar-refractivity contribution in [2.24, 2.45) is 0 Å². The minimum atomic E-state index is -1.01. The third-order valence-corrected chi connectivity index (χ3v) is 1.47. The highest BCUT2D eigenvalue weighted by molar-refractivity contribution is 5.73. The van der Waals surface area contributed by atoms with E-state index in [-0.39, 0.29) is 5.97 Å². The van der Waals surface area contributed by atoms with Crippen LogP contribution < -0.4 is 0 Å². The molecule has 1 heterocycles. The predicted molar refractivity (Wildman–Crippen MR) is 35.5 cm³/mol. The first-order valence-corrected chi connectivity index (χ1v) is 3.43. The number of hydrogen-bond acceptors (Lipinski definition) is 4. The van der Waals surface area contributed by atoms with E-state index in [2.05, 4.69) is 0 Å². The summed E-state index contributed by atoms with van der Waals surface area (Å²) in [7, 11) is 0. The van der Waals surface area contributed by atoms with Crippen molar-refractivity contribution in [3.8, 4) is 0 Å². The molecule has 0 aliphatic carbocycles. The van der Waals surface area contributed by atoms with Crippen LogP contribution in [0, 0.1) is 0 Å². The molecule has 62 valence electrons. The maximum atomic E-state index is 10.6. The molecule has 0 saturated carbocycles. The number of rotatable bonds is 1. The molecule has 1 unspecified atom stereocenters. The van der Waals surface area contributed by atoms with Crippen molar-refractivity contribution in [2.75, 3.05) is 0 Å². The summed E-state index contributed by atoms with van der Waals surface area (Å²) in [5, 5.41) is 0. The van der Waals surface area contributed by atoms with E-state index in [9.17, 15) is 9.59 Å². The van der Waals surface area contributed by atoms with Gasteiger partial charge < -0.3 is 9.47 Å². The van der Waals surface area contributed by atoms with Crippen molar-refractivity contribution in [1.82, 2.24) is 0 Å². The van der Waals surface area contributed by atoms with Gasteiger partial charge in [0.2, 0.25) is 0 Å². The summed E-state index contributed by atoms with van der Waals surface area (Å²) in [6.07, 6.45) is 0.773. The zero-order valence-electron chi connectivity index (χ0n) is 6.55. The monoisotopic (exact) mass is 158 g/mol. The van der Waals surface area contributed by atoms with Crippen LogP contribution in [0.25, 0.3) is 0 Å². The van der Waals surface area contributed by atoms with E-state index in [0.717, 1.165) is 0 Å². The molecule has 1 saturated heterocycles. The van der Waals surface area contributed by atoms with E-state index in [4.69, 9.17) is 9.47 Å². The summed E-state index contributed by atoms with van der Waals surface area (Å²) in [5.41, 5.74) is 0. The second kappa shape index (κ2) is 2.53. The number of hydrogen-bond donors (Lipinski definition) is 0. The molecule has 0 spiro atoms. The second-order valence-corrected chi connectivity index (χ2v) is 2.70. The van der Waals surface area contributed by atoms with E-state index in [0.29, 0.717) is 12.8 Å². The second-order valence-electron chi connectivity index (χ2n) is 2.70. The lowest BCUT2D eigenvalue weighted by molar-refractivity contribution is -0.205. The molecule has 0 aromatic heterocycles. The number of carbonyl (C=O) groups excluding carboxylic acids is 2. The lowest BCUT2D eigenvalue weighted by Gasteiger charge is -2.21. The van der Waals surface area contributed by atoms with Crippen LogP contribution in [-0.4, -0.2) is 17.7 Å². The molecule has 0 aromatic rings. The molecular formula is C7H10O4. The van der Waals surface area contributed by atoms with Crippen LogP contribution >= 0.6 is 0 Å². The summed E-state index contributed by atoms with van der Waals surface area (Å²) >= 11 is 0. The first-order valence-electron chi connectivity index (χ1n) is 3.43. The van der Waals surface area contributed by atoms with E-state index in [1.807, 2.05) is 0 Å². The average Bonchev–Trinajstić information content (AvgIpc) is 2.08. The van der Waals surface area contributed by atoms with Gasteiger partial charge in [0, 0.05) is 20.3 Å². The molecule has 1 fully saturated rings. The highest BCUT2D eigenvalue weighted by Gasteiger charge is 2.38. The molecule has 11 heavy (non-hydrogen) atoms. The van der Waals surface area contributed by atoms with E-state index < -0.39 is 11.8 Å². The standard InChI is InChI=1S/C7H10O4/c1-5(8)10-7(2)4-3-6(9)11-7/h3-4H2,1-2H3. The van der Waals surface area contributed by atoms with Crippen molar-refractivity contribution in [3.63, 3.8) is 0 Å². The van der Waals surface area contributed by atoms with Gasteiger partial charge in [0.25, 0.3) is 5.79 Å². The van der Waals surface area contributed by atoms with Crippen molar-refractivity contribution < 1.29 is 19.1 Å². The van der Waals surface area contributed by atoms with Crippen molar-refractivity contribution in [2.45, 2.75) is 32.5 Å². The highest BCUT2D eigenvalue weighted by Crippen LogP contribution is 2.27. The highest BCUT2D eigenvalue weighted by atomic mass is 16.7. The van der Waals surface area contributed by atoms with Crippen LogP contribution in [0.15, 0.2) is 0 Å². The Kier molecular flexibility index (Phi) is 1.85. The topological polar surface area (TPSA) is 52.6 Å². The molecule has 4 nitrogen and oxygen atoms in total. The average molecular weight is 158 g/mol. The Hall–Kier alpha value is -1.06. The number of carbonyl (C=O) groups is 2. The fourth-order valence-corrected chi connectivity index (χ4v) is 1.05. The summed E-state index contributed by atoms with van der Waals surface area (Å²) < 4.78 is 9.56. The molecule has 0 radical (unpaired) electrons. The van der Waals surface area contributed by atoms with Crippen molar-refractivity contribution in [3.05, 3.63) is 0 Å². The van der Waals surface area contributed by atoms with Gasteiger partial charge in [-0.25, -0.2) is 0 Å². The number of cyclic esters (lactones) is 1. The third kappa shape index (κ3) is 1.93. The van der Waals surface area contributed by atoms with Crippen LogP contribution in [0.3, 0.4) is 0 Å². The maximum Gasteiger partial charge on any atom is 0.309 e. The molecule has 4 heteroatoms. The lowest BCUT2D eigenvalue weighted by Crippen LogP contribution is -2.29. The first-order chi connectivity index (χ1) is 5.02. The fraction of sp³-hybridized carbons (Fsp3) is 0.714. The van der Waals surface area contributed by atoms with Crippen LogP contribution in [0.5, 0.6) is 0 Å². The molecule has 0 N–H and O–H groups in total. The van der Waals surface area contributed by atoms with Gasteiger partial charge in [0.1, 0.15) is 0 Å². The molecular weight excluding hydrogens is 148 g/mol. The van der Waals surface area contributed by atoms with Gasteiger partial charge >= 0.3 is 11.9 Å². The van der Waals surface area contributed by atoms with E-state index in [1.54, 1.807) is 6.92 Å². The fourth-order valence-electron chi connectivity index (χ4n) is 1.05. The maximum absolute atomic E-state index is 10.6. The predicted octanol–water partition coefficient (Wildman–Crippen LogP) is 0.603. The van der Waals surface area contributed by atoms with Crippen LogP contribution in [0.2, 0.25) is 0 Å². The largest absolute Gasteiger partial charge is 0.423 e. The first kappa shape index (κ1) is 8.04. The van der Waals surface area contributed by atoms with Gasteiger partial charge in [-0.05, 0) is 0 Å². The van der Waals surface area contributed by atoms with Crippen LogP contribution in [0.1, 0.15) is 26.7 Å². The smallest absolute Gasteiger partial charge is 0.309 e. The number of esters is 2. The molecule has 0 aromatic carbocycles. The van der Waals surface area contributed by atoms with E-state index in [1.165, 1.54) is 6.92 Å². The van der Waals surface area contributed by atoms with Crippen molar-refractivity contribution in [1.29, 1.82) is 0 Å². The molecule has 1 aliphatic heterocycles. The molecule has 1 atom stereocenters. The summed E-state index contributed by atoms with van der Waals surface area (Å²) in [6.45, 7) is 2.87. The normalized spacial score (nSPS) is 29.8. The Morgan fingerprint density at radius 1 is 1.73 bits per heavy atom. The molecule has 0 bridgehead atoms. The van der Waals surface area contributed by atoms with Crippen LogP contribution in [0.4, 0.5) is 0 Å². The van der Waals surface area contributed by atoms with E-state index >= 15 is 0 Å². The minimum Gasteiger partial charge on any atom is -0.423 e. The SMILES string of the molecule is CC(=O)OC1(C)CCC(=O)O1. The number of ether oxygens (including phenoxy) is 2. The van der Waals surface area contributed by atoms with Gasteiger partial charge in [0.05, 0.1) is 6.42 Å². The molecule has 0 amide bonds. The van der Waals surface area contributed by atoms with Crippen LogP contribution in [-0.2, 0) is 19.1 Å². The molecule has 1 rings (SSSR count). The van der Waals surface area contributed by atoms with Gasteiger partial charge in [-0.15, -0.1) is 0 Å². The third-order valence-electron chi connectivity index (χ3n) is 1.47. The Labute approximate surface area is 64.5 Å². The quantitative estimate of drug-likeness (QED) is 0.524. The van der Waals surface area contributed by atoms with Gasteiger partial charge in [-0.1, -0.05) is 0 Å². The Bertz CT molecular complexity index is 199. The van der Waals surface area contributed by atoms with Gasteiger partial charge in [-0.2, -0.15) is 0 Å². The van der Waals surface area contributed by atoms with Gasteiger partial charge in [0.15, 0.2) is 0 Å². The Morgan fingerprint density at radius 3 is 2.73 bits per heavy atom. The Morgan fingerprint density at radius 2 is 2.36 bits per heavy atom. The Balaban J connectivity index is 2.55. The minimum absolute atomic E-state index is 0.311. The van der Waals surface area contributed by atoms with Crippen molar-refractivity contribution >= 4 is 11.9 Å². The summed E-state index contributed by atoms with van der Waals surface area (Å²) in [5.74, 6) is -1.75. The molecule has 1 aliphatic rings.